The molecule has 1 atom stereocenters. The van der Waals surface area contributed by atoms with Gasteiger partial charge in [0.1, 0.15) is 6.29 Å². The summed E-state index contributed by atoms with van der Waals surface area (Å²) in [4.78, 5) is 23.6. The Morgan fingerprint density at radius 3 is 2.85 bits per heavy atom. The van der Waals surface area contributed by atoms with Crippen LogP contribution in [0.1, 0.15) is 22.9 Å². The third-order valence-corrected chi connectivity index (χ3v) is 6.42. The van der Waals surface area contributed by atoms with Crippen molar-refractivity contribution < 1.29 is 19.0 Å². The van der Waals surface area contributed by atoms with E-state index in [1.165, 1.54) is 0 Å². The minimum absolute atomic E-state index is 0.224. The maximum atomic E-state index is 12.2. The molecule has 4 heterocycles. The van der Waals surface area contributed by atoms with Crippen molar-refractivity contribution in [1.29, 1.82) is 0 Å². The van der Waals surface area contributed by atoms with E-state index in [0.717, 1.165) is 56.6 Å². The van der Waals surface area contributed by atoms with E-state index in [1.807, 2.05) is 48.5 Å². The summed E-state index contributed by atoms with van der Waals surface area (Å²) in [5.41, 5.74) is 12.3. The molecule has 0 amide bonds. The number of para-hydroxylation sites is 1. The van der Waals surface area contributed by atoms with Gasteiger partial charge in [0.15, 0.2) is 11.5 Å². The first-order valence-corrected chi connectivity index (χ1v) is 11.0. The van der Waals surface area contributed by atoms with Crippen LogP contribution in [0.4, 0.5) is 5.69 Å². The zero-order chi connectivity index (χ0) is 23.2. The van der Waals surface area contributed by atoms with Crippen molar-refractivity contribution >= 4 is 22.9 Å². The maximum Gasteiger partial charge on any atom is 0.231 e. The molecule has 0 saturated heterocycles. The maximum absolute atomic E-state index is 12.2. The lowest BCUT2D eigenvalue weighted by Gasteiger charge is -2.21. The number of hydrogen-bond acceptors (Lipinski definition) is 8. The molecule has 0 bridgehead atoms. The molecule has 2 N–H and O–H groups in total. The summed E-state index contributed by atoms with van der Waals surface area (Å²) in [5, 5.41) is 0.805. The van der Waals surface area contributed by atoms with E-state index in [2.05, 4.69) is 9.88 Å². The van der Waals surface area contributed by atoms with E-state index in [1.54, 1.807) is 13.3 Å². The molecule has 8 heteroatoms. The summed E-state index contributed by atoms with van der Waals surface area (Å²) in [6.45, 7) is 1.28. The number of ether oxygens (including phenoxy) is 3. The van der Waals surface area contributed by atoms with Gasteiger partial charge in [0.2, 0.25) is 12.7 Å². The molecule has 2 aliphatic rings. The van der Waals surface area contributed by atoms with Gasteiger partial charge in [-0.3, -0.25) is 9.88 Å². The highest BCUT2D eigenvalue weighted by Crippen LogP contribution is 2.43. The van der Waals surface area contributed by atoms with Gasteiger partial charge in [0.25, 0.3) is 0 Å². The van der Waals surface area contributed by atoms with Gasteiger partial charge in [0, 0.05) is 47.1 Å². The number of carbonyl (C=O) groups excluding carboxylic acids is 1. The Bertz CT molecular complexity index is 1440. The molecule has 170 valence electrons. The fourth-order valence-electron chi connectivity index (χ4n) is 4.86. The average molecular weight is 454 g/mol. The van der Waals surface area contributed by atoms with E-state index in [4.69, 9.17) is 24.9 Å². The molecule has 2 aromatic carbocycles. The predicted octanol–water partition coefficient (Wildman–Crippen LogP) is 3.87. The van der Waals surface area contributed by atoms with Crippen LogP contribution < -0.4 is 19.9 Å². The second-order valence-electron chi connectivity index (χ2n) is 8.32. The molecule has 1 unspecified atom stereocenters. The van der Waals surface area contributed by atoms with Crippen LogP contribution in [-0.2, 0) is 17.9 Å². The van der Waals surface area contributed by atoms with Gasteiger partial charge in [-0.1, -0.05) is 24.3 Å². The van der Waals surface area contributed by atoms with Gasteiger partial charge in [-0.15, -0.1) is 0 Å². The SMILES string of the molecule is COc1ncccc1-c1cccc2c(N)c3c(nc12)CN(Cc1ccc2c(c1)OCO2)C3C=O. The summed E-state index contributed by atoms with van der Waals surface area (Å²) < 4.78 is 16.4. The Kier molecular flexibility index (Phi) is 4.81. The van der Waals surface area contributed by atoms with E-state index >= 15 is 0 Å². The van der Waals surface area contributed by atoms with Crippen LogP contribution in [0.15, 0.2) is 54.7 Å². The number of pyridine rings is 2. The van der Waals surface area contributed by atoms with Crippen LogP contribution in [0.25, 0.3) is 22.0 Å². The summed E-state index contributed by atoms with van der Waals surface area (Å²) in [6.07, 6.45) is 2.63. The van der Waals surface area contributed by atoms with E-state index in [0.29, 0.717) is 24.7 Å². The molecule has 4 aromatic rings. The van der Waals surface area contributed by atoms with Crippen LogP contribution in [0.5, 0.6) is 17.4 Å². The minimum atomic E-state index is -0.478. The van der Waals surface area contributed by atoms with Crippen LogP contribution >= 0.6 is 0 Å². The highest BCUT2D eigenvalue weighted by atomic mass is 16.7. The Balaban J connectivity index is 1.43. The third kappa shape index (κ3) is 3.14. The number of benzene rings is 2. The Labute approximate surface area is 195 Å². The monoisotopic (exact) mass is 454 g/mol. The van der Waals surface area contributed by atoms with Gasteiger partial charge >= 0.3 is 0 Å². The smallest absolute Gasteiger partial charge is 0.231 e. The molecule has 0 fully saturated rings. The van der Waals surface area contributed by atoms with E-state index in [-0.39, 0.29) is 6.79 Å². The minimum Gasteiger partial charge on any atom is -0.481 e. The Hall–Kier alpha value is -4.17. The van der Waals surface area contributed by atoms with Crippen LogP contribution in [0, 0.1) is 0 Å². The number of nitrogens with zero attached hydrogens (tertiary/aromatic N) is 3. The van der Waals surface area contributed by atoms with Crippen LogP contribution in [0.2, 0.25) is 0 Å². The van der Waals surface area contributed by atoms with Crippen molar-refractivity contribution in [2.45, 2.75) is 19.1 Å². The first-order valence-electron chi connectivity index (χ1n) is 11.0. The zero-order valence-corrected chi connectivity index (χ0v) is 18.5. The second kappa shape index (κ2) is 8.00. The predicted molar refractivity (Wildman–Crippen MR) is 127 cm³/mol. The average Bonchev–Trinajstić information content (AvgIpc) is 3.47. The number of aldehydes is 1. The number of carbonyl (C=O) groups is 1. The molecule has 0 radical (unpaired) electrons. The fourth-order valence-corrected chi connectivity index (χ4v) is 4.86. The van der Waals surface area contributed by atoms with E-state index < -0.39 is 6.04 Å². The number of nitrogen functional groups attached to an aromatic ring is 1. The molecular formula is C26H22N4O4. The summed E-state index contributed by atoms with van der Waals surface area (Å²) in [6, 6.07) is 15.0. The first kappa shape index (κ1) is 20.4. The number of hydrogen-bond donors (Lipinski definition) is 1. The summed E-state index contributed by atoms with van der Waals surface area (Å²) >= 11 is 0. The number of anilines is 1. The molecule has 0 aliphatic carbocycles. The van der Waals surface area contributed by atoms with Gasteiger partial charge in [-0.25, -0.2) is 4.98 Å². The lowest BCUT2D eigenvalue weighted by Crippen LogP contribution is -2.23. The fraction of sp³-hybridized carbons (Fsp3) is 0.192. The third-order valence-electron chi connectivity index (χ3n) is 6.42. The number of rotatable bonds is 5. The summed E-state index contributed by atoms with van der Waals surface area (Å²) in [7, 11) is 1.60. The first-order chi connectivity index (χ1) is 16.7. The van der Waals surface area contributed by atoms with Crippen LogP contribution in [0.3, 0.4) is 0 Å². The lowest BCUT2D eigenvalue weighted by atomic mass is 9.98. The van der Waals surface area contributed by atoms with Gasteiger partial charge in [-0.05, 0) is 29.8 Å². The summed E-state index contributed by atoms with van der Waals surface area (Å²) in [5.74, 6) is 1.97. The van der Waals surface area contributed by atoms with Crippen molar-refractivity contribution in [2.24, 2.45) is 0 Å². The van der Waals surface area contributed by atoms with Crippen LogP contribution in [-0.4, -0.2) is 35.1 Å². The van der Waals surface area contributed by atoms with Gasteiger partial charge in [-0.2, -0.15) is 0 Å². The lowest BCUT2D eigenvalue weighted by molar-refractivity contribution is -0.112. The van der Waals surface area contributed by atoms with Crippen molar-refractivity contribution in [3.63, 3.8) is 0 Å². The molecule has 0 saturated carbocycles. The Morgan fingerprint density at radius 2 is 2.00 bits per heavy atom. The largest absolute Gasteiger partial charge is 0.481 e. The Morgan fingerprint density at radius 1 is 1.15 bits per heavy atom. The van der Waals surface area contributed by atoms with Crippen molar-refractivity contribution in [3.05, 3.63) is 71.5 Å². The van der Waals surface area contributed by atoms with Crippen molar-refractivity contribution in [2.75, 3.05) is 19.6 Å². The zero-order valence-electron chi connectivity index (χ0n) is 18.5. The highest BCUT2D eigenvalue weighted by Gasteiger charge is 2.34. The molecule has 2 aliphatic heterocycles. The van der Waals surface area contributed by atoms with Gasteiger partial charge in [0.05, 0.1) is 24.4 Å². The number of fused-ring (bicyclic) bond motifs is 3. The number of nitrogens with two attached hydrogens (primary N) is 1. The molecule has 34 heavy (non-hydrogen) atoms. The van der Waals surface area contributed by atoms with Crippen molar-refractivity contribution in [1.82, 2.24) is 14.9 Å². The number of methoxy groups -OCH3 is 1. The van der Waals surface area contributed by atoms with Gasteiger partial charge < -0.3 is 24.7 Å². The molecular weight excluding hydrogens is 432 g/mol. The number of aromatic nitrogens is 2. The van der Waals surface area contributed by atoms with E-state index in [9.17, 15) is 4.79 Å². The highest BCUT2D eigenvalue weighted by molar-refractivity contribution is 6.02. The molecule has 6 rings (SSSR count). The molecule has 0 spiro atoms. The normalized spacial score (nSPS) is 16.6. The second-order valence-corrected chi connectivity index (χ2v) is 8.32. The molecule has 2 aromatic heterocycles. The van der Waals surface area contributed by atoms with Crippen molar-refractivity contribution in [3.8, 4) is 28.5 Å². The molecule has 8 nitrogen and oxygen atoms in total. The standard InChI is InChI=1S/C26H22N4O4/c1-32-26-17(6-3-9-28-26)16-4-2-5-18-24(27)23-19(29-25(16)18)12-30(20(23)13-31)11-15-7-8-21-22(10-15)34-14-33-21/h2-10,13,20H,11-12,14H2,1H3,(H2,27,29). The topological polar surface area (TPSA) is 99.8 Å². The quantitative estimate of drug-likeness (QED) is 0.454.